The van der Waals surface area contributed by atoms with Crippen molar-refractivity contribution in [2.45, 2.75) is 0 Å². The van der Waals surface area contributed by atoms with Crippen molar-refractivity contribution in [1.82, 2.24) is 20.2 Å². The monoisotopic (exact) mass is 251 g/mol. The number of aromatic carboxylic acids is 1. The Bertz CT molecular complexity index is 465. The maximum Gasteiger partial charge on any atom is 0.354 e. The molecule has 0 aromatic carbocycles. The van der Waals surface area contributed by atoms with Crippen LogP contribution in [0.3, 0.4) is 0 Å². The third-order valence-electron chi connectivity index (χ3n) is 2.48. The molecule has 1 aliphatic heterocycles. The first-order valence-electron chi connectivity index (χ1n) is 5.50. The Hall–Kier alpha value is -2.38. The Labute approximate surface area is 103 Å². The fourth-order valence-electron chi connectivity index (χ4n) is 1.59. The van der Waals surface area contributed by atoms with Crippen LogP contribution < -0.4 is 10.6 Å². The number of anilines is 1. The molecule has 0 aliphatic carbocycles. The molecule has 0 atom stereocenters. The van der Waals surface area contributed by atoms with E-state index in [1.165, 1.54) is 12.3 Å². The summed E-state index contributed by atoms with van der Waals surface area (Å²) in [5.41, 5.74) is -0.0635. The second-order valence-electron chi connectivity index (χ2n) is 3.72. The summed E-state index contributed by atoms with van der Waals surface area (Å²) in [6, 6.07) is 1.23. The number of amides is 2. The molecule has 18 heavy (non-hydrogen) atoms. The van der Waals surface area contributed by atoms with E-state index >= 15 is 0 Å². The van der Waals surface area contributed by atoms with Crippen LogP contribution in [-0.4, -0.2) is 58.2 Å². The Morgan fingerprint density at radius 1 is 1.61 bits per heavy atom. The van der Waals surface area contributed by atoms with E-state index in [4.69, 9.17) is 5.11 Å². The predicted molar refractivity (Wildman–Crippen MR) is 62.5 cm³/mol. The van der Waals surface area contributed by atoms with E-state index in [0.717, 1.165) is 0 Å². The predicted octanol–water partition coefficient (Wildman–Crippen LogP) is -0.388. The number of aromatic nitrogens is 2. The van der Waals surface area contributed by atoms with Crippen LogP contribution in [0.4, 0.5) is 10.7 Å². The minimum absolute atomic E-state index is 0.0635. The summed E-state index contributed by atoms with van der Waals surface area (Å²) in [7, 11) is 0. The summed E-state index contributed by atoms with van der Waals surface area (Å²) in [5.74, 6) is -0.853. The van der Waals surface area contributed by atoms with Gasteiger partial charge >= 0.3 is 12.0 Å². The topological polar surface area (TPSA) is 107 Å². The molecular weight excluding hydrogens is 238 g/mol. The zero-order chi connectivity index (χ0) is 13.0. The van der Waals surface area contributed by atoms with E-state index in [1.807, 2.05) is 0 Å². The third kappa shape index (κ3) is 2.84. The van der Waals surface area contributed by atoms with Crippen molar-refractivity contribution in [3.05, 3.63) is 18.0 Å². The Morgan fingerprint density at radius 2 is 2.44 bits per heavy atom. The molecule has 96 valence electrons. The summed E-state index contributed by atoms with van der Waals surface area (Å²) in [6.07, 6.45) is 1.38. The van der Waals surface area contributed by atoms with Crippen LogP contribution in [0, 0.1) is 0 Å². The van der Waals surface area contributed by atoms with Gasteiger partial charge in [0, 0.05) is 32.4 Å². The molecule has 8 heteroatoms. The van der Waals surface area contributed by atoms with Crippen molar-refractivity contribution < 1.29 is 14.7 Å². The fraction of sp³-hybridized carbons (Fsp3) is 0.400. The molecule has 1 aromatic heterocycles. The van der Waals surface area contributed by atoms with Gasteiger partial charge in [0.15, 0.2) is 5.69 Å². The lowest BCUT2D eigenvalue weighted by Gasteiger charge is -2.14. The Morgan fingerprint density at radius 3 is 3.11 bits per heavy atom. The van der Waals surface area contributed by atoms with Crippen LogP contribution in [-0.2, 0) is 0 Å². The minimum atomic E-state index is -1.10. The number of carbonyl (C=O) groups is 2. The van der Waals surface area contributed by atoms with E-state index in [2.05, 4.69) is 20.6 Å². The number of carboxylic acid groups (broad SMARTS) is 1. The first kappa shape index (κ1) is 12.1. The summed E-state index contributed by atoms with van der Waals surface area (Å²) in [4.78, 5) is 31.3. The molecule has 0 bridgehead atoms. The lowest BCUT2D eigenvalue weighted by atomic mass is 10.4. The van der Waals surface area contributed by atoms with E-state index in [0.29, 0.717) is 26.2 Å². The average molecular weight is 251 g/mol. The number of urea groups is 1. The summed E-state index contributed by atoms with van der Waals surface area (Å²) in [5, 5.41) is 14.3. The molecule has 8 nitrogen and oxygen atoms in total. The van der Waals surface area contributed by atoms with Crippen LogP contribution in [0.15, 0.2) is 12.3 Å². The molecule has 0 saturated carbocycles. The molecule has 1 saturated heterocycles. The van der Waals surface area contributed by atoms with Crippen LogP contribution in [0.5, 0.6) is 0 Å². The van der Waals surface area contributed by atoms with Crippen molar-refractivity contribution in [2.24, 2.45) is 0 Å². The van der Waals surface area contributed by atoms with Gasteiger partial charge in [-0.3, -0.25) is 0 Å². The quantitative estimate of drug-likeness (QED) is 0.658. The van der Waals surface area contributed by atoms with Gasteiger partial charge in [0.05, 0.1) is 0 Å². The van der Waals surface area contributed by atoms with Gasteiger partial charge in [0.1, 0.15) is 0 Å². The highest BCUT2D eigenvalue weighted by atomic mass is 16.4. The number of nitrogens with zero attached hydrogens (tertiary/aromatic N) is 3. The van der Waals surface area contributed by atoms with Crippen molar-refractivity contribution >= 4 is 17.9 Å². The van der Waals surface area contributed by atoms with Gasteiger partial charge < -0.3 is 20.6 Å². The number of hydrogen-bond acceptors (Lipinski definition) is 5. The summed E-state index contributed by atoms with van der Waals surface area (Å²) < 4.78 is 0. The van der Waals surface area contributed by atoms with E-state index in [1.54, 1.807) is 4.90 Å². The van der Waals surface area contributed by atoms with E-state index < -0.39 is 5.97 Å². The van der Waals surface area contributed by atoms with Crippen molar-refractivity contribution in [3.63, 3.8) is 0 Å². The highest BCUT2D eigenvalue weighted by Crippen LogP contribution is 2.01. The zero-order valence-electron chi connectivity index (χ0n) is 9.59. The zero-order valence-corrected chi connectivity index (χ0v) is 9.59. The van der Waals surface area contributed by atoms with Crippen LogP contribution in [0.1, 0.15) is 10.5 Å². The van der Waals surface area contributed by atoms with Crippen LogP contribution >= 0.6 is 0 Å². The minimum Gasteiger partial charge on any atom is -0.477 e. The highest BCUT2D eigenvalue weighted by Gasteiger charge is 2.18. The maximum absolute atomic E-state index is 11.2. The maximum atomic E-state index is 11.2. The van der Waals surface area contributed by atoms with Gasteiger partial charge in [0.25, 0.3) is 0 Å². The summed E-state index contributed by atoms with van der Waals surface area (Å²) in [6.45, 7) is 2.32. The number of hydrogen-bond donors (Lipinski definition) is 3. The molecular formula is C10H13N5O3. The third-order valence-corrected chi connectivity index (χ3v) is 2.48. The molecule has 2 heterocycles. The lowest BCUT2D eigenvalue weighted by Crippen LogP contribution is -2.32. The number of carboxylic acids is 1. The van der Waals surface area contributed by atoms with Gasteiger partial charge in [-0.05, 0) is 6.07 Å². The molecule has 3 N–H and O–H groups in total. The Kier molecular flexibility index (Phi) is 3.56. The van der Waals surface area contributed by atoms with Gasteiger partial charge in [-0.1, -0.05) is 0 Å². The summed E-state index contributed by atoms with van der Waals surface area (Å²) >= 11 is 0. The molecule has 0 unspecified atom stereocenters. The van der Waals surface area contributed by atoms with E-state index in [9.17, 15) is 9.59 Å². The smallest absolute Gasteiger partial charge is 0.354 e. The molecule has 1 aromatic rings. The largest absolute Gasteiger partial charge is 0.477 e. The number of rotatable bonds is 5. The van der Waals surface area contributed by atoms with Crippen LogP contribution in [0.2, 0.25) is 0 Å². The van der Waals surface area contributed by atoms with Gasteiger partial charge in [-0.2, -0.15) is 0 Å². The lowest BCUT2D eigenvalue weighted by molar-refractivity contribution is 0.0690. The normalized spacial score (nSPS) is 14.4. The van der Waals surface area contributed by atoms with Gasteiger partial charge in [-0.15, -0.1) is 0 Å². The second kappa shape index (κ2) is 5.30. The molecule has 2 rings (SSSR count). The van der Waals surface area contributed by atoms with Crippen molar-refractivity contribution in [3.8, 4) is 0 Å². The van der Waals surface area contributed by atoms with Crippen molar-refractivity contribution in [2.75, 3.05) is 31.5 Å². The first-order chi connectivity index (χ1) is 8.66. The van der Waals surface area contributed by atoms with E-state index in [-0.39, 0.29) is 17.7 Å². The standard InChI is InChI=1S/C10H13N5O3/c16-8(17)7-1-2-11-9(14-7)12-3-5-15-6-4-13-10(15)18/h1-2H,3-6H2,(H,13,18)(H,16,17)(H,11,12,14). The SMILES string of the molecule is O=C(O)c1ccnc(NCCN2CCNC2=O)n1. The highest BCUT2D eigenvalue weighted by molar-refractivity contribution is 5.85. The molecule has 0 spiro atoms. The fourth-order valence-corrected chi connectivity index (χ4v) is 1.59. The molecule has 1 aliphatic rings. The van der Waals surface area contributed by atoms with Gasteiger partial charge in [-0.25, -0.2) is 19.6 Å². The second-order valence-corrected chi connectivity index (χ2v) is 3.72. The van der Waals surface area contributed by atoms with Gasteiger partial charge in [0.2, 0.25) is 5.95 Å². The average Bonchev–Trinajstić information content (AvgIpc) is 2.76. The van der Waals surface area contributed by atoms with Crippen molar-refractivity contribution in [1.29, 1.82) is 0 Å². The molecule has 2 amide bonds. The number of nitrogens with one attached hydrogen (secondary N) is 2. The number of carbonyl (C=O) groups excluding carboxylic acids is 1. The Balaban J connectivity index is 1.84. The molecule has 0 radical (unpaired) electrons. The van der Waals surface area contributed by atoms with Crippen LogP contribution in [0.25, 0.3) is 0 Å². The first-order valence-corrected chi connectivity index (χ1v) is 5.50. The molecule has 1 fully saturated rings.